The second kappa shape index (κ2) is 6.92. The number of carbonyl (C=O) groups excluding carboxylic acids is 1. The van der Waals surface area contributed by atoms with Gasteiger partial charge in [-0.15, -0.1) is 0 Å². The van der Waals surface area contributed by atoms with Crippen LogP contribution < -0.4 is 5.73 Å². The second-order valence-electron chi connectivity index (χ2n) is 4.00. The van der Waals surface area contributed by atoms with Crippen LogP contribution in [0.1, 0.15) is 26.2 Å². The maximum absolute atomic E-state index is 11.3. The molecule has 0 radical (unpaired) electrons. The molecule has 0 bridgehead atoms. The molecule has 2 N–H and O–H groups in total. The highest BCUT2D eigenvalue weighted by Gasteiger charge is 2.20. The molecule has 5 heteroatoms. The summed E-state index contributed by atoms with van der Waals surface area (Å²) >= 11 is 0. The van der Waals surface area contributed by atoms with Crippen LogP contribution in [0.4, 0.5) is 0 Å². The van der Waals surface area contributed by atoms with Crippen LogP contribution in [0.3, 0.4) is 0 Å². The maximum Gasteiger partial charge on any atom is 0.261 e. The predicted octanol–water partition coefficient (Wildman–Crippen LogP) is 0.772. The molecule has 1 rings (SSSR count). The third kappa shape index (κ3) is 3.75. The number of carbonyl (C=O) groups is 1. The molecule has 1 aliphatic rings. The Hall–Kier alpha value is -1.54. The number of nitriles is 1. The van der Waals surface area contributed by atoms with Gasteiger partial charge in [-0.1, -0.05) is 13.3 Å². The van der Waals surface area contributed by atoms with Crippen LogP contribution in [0, 0.1) is 11.3 Å². The minimum atomic E-state index is -0.634. The van der Waals surface area contributed by atoms with E-state index in [1.165, 1.54) is 0 Å². The van der Waals surface area contributed by atoms with Crippen LogP contribution in [0.15, 0.2) is 11.3 Å². The lowest BCUT2D eigenvalue weighted by Gasteiger charge is -2.31. The number of morpholine rings is 1. The molecule has 1 amide bonds. The van der Waals surface area contributed by atoms with Crippen molar-refractivity contribution in [2.75, 3.05) is 26.3 Å². The molecule has 1 heterocycles. The molecule has 1 saturated heterocycles. The summed E-state index contributed by atoms with van der Waals surface area (Å²) in [6.07, 6.45) is 2.69. The molecular formula is C12H19N3O2. The quantitative estimate of drug-likeness (QED) is 0.566. The number of nitrogens with zero attached hydrogens (tertiary/aromatic N) is 2. The third-order valence-corrected chi connectivity index (χ3v) is 2.81. The molecular weight excluding hydrogens is 218 g/mol. The summed E-state index contributed by atoms with van der Waals surface area (Å²) in [5.74, 6) is -0.634. The standard InChI is InChI=1S/C12H19N3O2/c1-2-3-4-11(10(9-13)12(14)16)15-5-7-17-8-6-15/h2-8H2,1H3,(H2,14,16). The molecule has 0 saturated carbocycles. The molecule has 0 spiro atoms. The number of hydrogen-bond donors (Lipinski definition) is 1. The minimum Gasteiger partial charge on any atom is -0.378 e. The summed E-state index contributed by atoms with van der Waals surface area (Å²) in [5.41, 5.74) is 6.13. The van der Waals surface area contributed by atoms with E-state index in [1.54, 1.807) is 0 Å². The zero-order chi connectivity index (χ0) is 12.7. The molecule has 94 valence electrons. The van der Waals surface area contributed by atoms with E-state index in [0.29, 0.717) is 13.2 Å². The van der Waals surface area contributed by atoms with E-state index in [9.17, 15) is 4.79 Å². The first-order chi connectivity index (χ1) is 8.20. The van der Waals surface area contributed by atoms with Crippen LogP contribution in [0.5, 0.6) is 0 Å². The summed E-state index contributed by atoms with van der Waals surface area (Å²) in [4.78, 5) is 13.3. The third-order valence-electron chi connectivity index (χ3n) is 2.81. The van der Waals surface area contributed by atoms with E-state index in [2.05, 4.69) is 6.92 Å². The van der Waals surface area contributed by atoms with Crippen molar-refractivity contribution in [1.29, 1.82) is 5.26 Å². The predicted molar refractivity (Wildman–Crippen MR) is 63.8 cm³/mol. The van der Waals surface area contributed by atoms with Crippen molar-refractivity contribution in [2.24, 2.45) is 5.73 Å². The number of allylic oxidation sites excluding steroid dienone is 1. The Labute approximate surface area is 102 Å². The fourth-order valence-electron chi connectivity index (χ4n) is 1.88. The van der Waals surface area contributed by atoms with Gasteiger partial charge in [0.2, 0.25) is 0 Å². The van der Waals surface area contributed by atoms with E-state index in [1.807, 2.05) is 11.0 Å². The Kier molecular flexibility index (Phi) is 5.50. The molecule has 0 aromatic heterocycles. The van der Waals surface area contributed by atoms with E-state index >= 15 is 0 Å². The molecule has 0 atom stereocenters. The van der Waals surface area contributed by atoms with Crippen LogP contribution in [-0.2, 0) is 9.53 Å². The molecule has 5 nitrogen and oxygen atoms in total. The number of ether oxygens (including phenoxy) is 1. The number of amides is 1. The van der Waals surface area contributed by atoms with Gasteiger partial charge in [-0.3, -0.25) is 4.79 Å². The number of unbranched alkanes of at least 4 members (excludes halogenated alkanes) is 1. The maximum atomic E-state index is 11.3. The van der Waals surface area contributed by atoms with Crippen molar-refractivity contribution in [1.82, 2.24) is 4.90 Å². The summed E-state index contributed by atoms with van der Waals surface area (Å²) < 4.78 is 5.26. The van der Waals surface area contributed by atoms with E-state index in [-0.39, 0.29) is 5.57 Å². The first-order valence-electron chi connectivity index (χ1n) is 5.96. The molecule has 0 aromatic rings. The number of nitrogens with two attached hydrogens (primary N) is 1. The average molecular weight is 237 g/mol. The van der Waals surface area contributed by atoms with Crippen LogP contribution in [0.2, 0.25) is 0 Å². The molecule has 0 aromatic carbocycles. The first kappa shape index (κ1) is 13.5. The van der Waals surface area contributed by atoms with Crippen LogP contribution in [-0.4, -0.2) is 37.1 Å². The minimum absolute atomic E-state index is 0.0975. The van der Waals surface area contributed by atoms with Gasteiger partial charge in [0.15, 0.2) is 0 Å². The Bertz CT molecular complexity index is 338. The summed E-state index contributed by atoms with van der Waals surface area (Å²) in [5, 5.41) is 9.03. The lowest BCUT2D eigenvalue weighted by Crippen LogP contribution is -2.37. The highest BCUT2D eigenvalue weighted by molar-refractivity contribution is 5.96. The fourth-order valence-corrected chi connectivity index (χ4v) is 1.88. The second-order valence-corrected chi connectivity index (χ2v) is 4.00. The zero-order valence-electron chi connectivity index (χ0n) is 10.2. The molecule has 1 aliphatic heterocycles. The Balaban J connectivity index is 2.92. The Morgan fingerprint density at radius 3 is 2.59 bits per heavy atom. The summed E-state index contributed by atoms with van der Waals surface area (Å²) in [7, 11) is 0. The van der Waals surface area contributed by atoms with Gasteiger partial charge in [-0.05, 0) is 12.8 Å². The molecule has 0 aliphatic carbocycles. The Morgan fingerprint density at radius 1 is 1.47 bits per heavy atom. The van der Waals surface area contributed by atoms with E-state index in [4.69, 9.17) is 15.7 Å². The molecule has 1 fully saturated rings. The van der Waals surface area contributed by atoms with Crippen molar-refractivity contribution >= 4 is 5.91 Å². The van der Waals surface area contributed by atoms with Gasteiger partial charge in [0, 0.05) is 18.8 Å². The van der Waals surface area contributed by atoms with Gasteiger partial charge in [-0.25, -0.2) is 0 Å². The van der Waals surface area contributed by atoms with Crippen LogP contribution in [0.25, 0.3) is 0 Å². The van der Waals surface area contributed by atoms with Crippen molar-refractivity contribution in [2.45, 2.75) is 26.2 Å². The van der Waals surface area contributed by atoms with E-state index in [0.717, 1.165) is 38.0 Å². The molecule has 0 unspecified atom stereocenters. The summed E-state index contributed by atoms with van der Waals surface area (Å²) in [6.45, 7) is 4.78. The first-order valence-corrected chi connectivity index (χ1v) is 5.96. The van der Waals surface area contributed by atoms with Gasteiger partial charge in [0.05, 0.1) is 13.2 Å². The summed E-state index contributed by atoms with van der Waals surface area (Å²) in [6, 6.07) is 1.93. The average Bonchev–Trinajstić information content (AvgIpc) is 2.35. The van der Waals surface area contributed by atoms with E-state index < -0.39 is 5.91 Å². The van der Waals surface area contributed by atoms with Gasteiger partial charge in [0.1, 0.15) is 11.6 Å². The van der Waals surface area contributed by atoms with Crippen LogP contribution >= 0.6 is 0 Å². The number of hydrogen-bond acceptors (Lipinski definition) is 4. The zero-order valence-corrected chi connectivity index (χ0v) is 10.2. The number of primary amides is 1. The smallest absolute Gasteiger partial charge is 0.261 e. The van der Waals surface area contributed by atoms with Gasteiger partial charge < -0.3 is 15.4 Å². The molecule has 17 heavy (non-hydrogen) atoms. The normalized spacial score (nSPS) is 17.3. The van der Waals surface area contributed by atoms with Crippen molar-refractivity contribution in [3.05, 3.63) is 11.3 Å². The van der Waals surface area contributed by atoms with Gasteiger partial charge in [0.25, 0.3) is 5.91 Å². The SMILES string of the molecule is CCCCC(=C(C#N)C(N)=O)N1CCOCC1. The highest BCUT2D eigenvalue weighted by atomic mass is 16.5. The fraction of sp³-hybridized carbons (Fsp3) is 0.667. The van der Waals surface area contributed by atoms with Gasteiger partial charge >= 0.3 is 0 Å². The monoisotopic (exact) mass is 237 g/mol. The lowest BCUT2D eigenvalue weighted by atomic mass is 10.1. The van der Waals surface area contributed by atoms with Gasteiger partial charge in [-0.2, -0.15) is 5.26 Å². The highest BCUT2D eigenvalue weighted by Crippen LogP contribution is 2.18. The number of rotatable bonds is 5. The topological polar surface area (TPSA) is 79.3 Å². The van der Waals surface area contributed by atoms with Crippen molar-refractivity contribution in [3.8, 4) is 6.07 Å². The lowest BCUT2D eigenvalue weighted by molar-refractivity contribution is -0.114. The van der Waals surface area contributed by atoms with Crippen molar-refractivity contribution < 1.29 is 9.53 Å². The van der Waals surface area contributed by atoms with Crippen molar-refractivity contribution in [3.63, 3.8) is 0 Å². The Morgan fingerprint density at radius 2 is 2.12 bits per heavy atom. The largest absolute Gasteiger partial charge is 0.378 e.